The Morgan fingerprint density at radius 2 is 1.96 bits per heavy atom. The van der Waals surface area contributed by atoms with Crippen LogP contribution in [0.4, 0.5) is 5.69 Å². The summed E-state index contributed by atoms with van der Waals surface area (Å²) in [6.07, 6.45) is 2.33. The van der Waals surface area contributed by atoms with Gasteiger partial charge in [-0.25, -0.2) is 0 Å². The Balaban J connectivity index is 2.13. The quantitative estimate of drug-likeness (QED) is 0.816. The normalized spacial score (nSPS) is 10.3. The first-order chi connectivity index (χ1) is 11.1. The summed E-state index contributed by atoms with van der Waals surface area (Å²) in [5, 5.41) is 6.69. The number of hydrogen-bond donors (Lipinski definition) is 2. The number of carbonyl (C=O) groups excluding carboxylic acids is 2. The van der Waals surface area contributed by atoms with E-state index in [1.165, 1.54) is 10.9 Å². The van der Waals surface area contributed by atoms with Crippen molar-refractivity contribution in [2.24, 2.45) is 5.73 Å². The van der Waals surface area contributed by atoms with Crippen LogP contribution in [0, 0.1) is 0 Å². The summed E-state index contributed by atoms with van der Waals surface area (Å²) in [7, 11) is 0. The number of nitrogens with two attached hydrogens (primary N) is 1. The molecule has 2 rings (SSSR count). The number of primary amides is 1. The van der Waals surface area contributed by atoms with Gasteiger partial charge in [0.2, 0.25) is 0 Å². The number of nitrogens with zero attached hydrogens (tertiary/aromatic N) is 2. The standard InChI is InChI=1S/C16H20N4O3/c1-3-9-23-12-7-5-11(6-8-12)16(22)19-13-10-18-20(4-2)14(13)15(17)21/h5-8,10H,3-4,9H2,1-2H3,(H2,17,21)(H,19,22). The Kier molecular flexibility index (Phi) is 5.35. The summed E-state index contributed by atoms with van der Waals surface area (Å²) < 4.78 is 6.91. The lowest BCUT2D eigenvalue weighted by Gasteiger charge is -2.08. The molecule has 0 bridgehead atoms. The lowest BCUT2D eigenvalue weighted by Crippen LogP contribution is -2.21. The molecule has 0 spiro atoms. The Labute approximate surface area is 134 Å². The third-order valence-corrected chi connectivity index (χ3v) is 3.21. The summed E-state index contributed by atoms with van der Waals surface area (Å²) >= 11 is 0. The molecule has 7 nitrogen and oxygen atoms in total. The number of carbonyl (C=O) groups is 2. The van der Waals surface area contributed by atoms with Gasteiger partial charge in [-0.15, -0.1) is 0 Å². The lowest BCUT2D eigenvalue weighted by atomic mass is 10.2. The van der Waals surface area contributed by atoms with Crippen LogP contribution in [0.3, 0.4) is 0 Å². The Morgan fingerprint density at radius 3 is 2.52 bits per heavy atom. The zero-order chi connectivity index (χ0) is 16.8. The summed E-state index contributed by atoms with van der Waals surface area (Å²) in [5.74, 6) is -0.270. The van der Waals surface area contributed by atoms with E-state index in [1.807, 2.05) is 13.8 Å². The summed E-state index contributed by atoms with van der Waals surface area (Å²) in [4.78, 5) is 23.8. The number of aromatic nitrogens is 2. The van der Waals surface area contributed by atoms with Gasteiger partial charge in [0.25, 0.3) is 11.8 Å². The second-order valence-electron chi connectivity index (χ2n) is 4.91. The first-order valence-electron chi connectivity index (χ1n) is 7.46. The predicted octanol–water partition coefficient (Wildman–Crippen LogP) is 2.04. The number of hydrogen-bond acceptors (Lipinski definition) is 4. The molecule has 23 heavy (non-hydrogen) atoms. The van der Waals surface area contributed by atoms with Gasteiger partial charge in [-0.1, -0.05) is 6.92 Å². The third kappa shape index (κ3) is 3.88. The minimum atomic E-state index is -0.636. The molecular weight excluding hydrogens is 296 g/mol. The van der Waals surface area contributed by atoms with E-state index in [1.54, 1.807) is 24.3 Å². The summed E-state index contributed by atoms with van der Waals surface area (Å²) in [5.41, 5.74) is 6.29. The van der Waals surface area contributed by atoms with Crippen molar-refractivity contribution in [1.82, 2.24) is 9.78 Å². The minimum Gasteiger partial charge on any atom is -0.494 e. The highest BCUT2D eigenvalue weighted by atomic mass is 16.5. The maximum Gasteiger partial charge on any atom is 0.269 e. The van der Waals surface area contributed by atoms with Crippen LogP contribution in [-0.4, -0.2) is 28.2 Å². The second-order valence-corrected chi connectivity index (χ2v) is 4.91. The second kappa shape index (κ2) is 7.44. The zero-order valence-electron chi connectivity index (χ0n) is 13.2. The van der Waals surface area contributed by atoms with Crippen molar-refractivity contribution in [1.29, 1.82) is 0 Å². The maximum absolute atomic E-state index is 12.3. The fourth-order valence-corrected chi connectivity index (χ4v) is 2.09. The van der Waals surface area contributed by atoms with Crippen LogP contribution >= 0.6 is 0 Å². The van der Waals surface area contributed by atoms with Crippen LogP contribution in [0.5, 0.6) is 5.75 Å². The number of benzene rings is 1. The van der Waals surface area contributed by atoms with Crippen molar-refractivity contribution in [2.45, 2.75) is 26.8 Å². The lowest BCUT2D eigenvalue weighted by molar-refractivity contribution is 0.0991. The molecule has 122 valence electrons. The SMILES string of the molecule is CCCOc1ccc(C(=O)Nc2cnn(CC)c2C(N)=O)cc1. The molecule has 0 radical (unpaired) electrons. The highest BCUT2D eigenvalue weighted by molar-refractivity contribution is 6.08. The van der Waals surface area contributed by atoms with E-state index in [4.69, 9.17) is 10.5 Å². The molecule has 1 aromatic carbocycles. The Bertz CT molecular complexity index is 692. The summed E-state index contributed by atoms with van der Waals surface area (Å²) in [6.45, 7) is 4.97. The van der Waals surface area contributed by atoms with Crippen molar-refractivity contribution < 1.29 is 14.3 Å². The topological polar surface area (TPSA) is 99.2 Å². The number of ether oxygens (including phenoxy) is 1. The van der Waals surface area contributed by atoms with Crippen LogP contribution in [0.25, 0.3) is 0 Å². The van der Waals surface area contributed by atoms with Crippen LogP contribution in [0.2, 0.25) is 0 Å². The fraction of sp³-hybridized carbons (Fsp3) is 0.312. The molecule has 1 aromatic heterocycles. The average Bonchev–Trinajstić information content (AvgIpc) is 2.96. The average molecular weight is 316 g/mol. The molecule has 0 aliphatic heterocycles. The van der Waals surface area contributed by atoms with Gasteiger partial charge in [0.1, 0.15) is 11.4 Å². The van der Waals surface area contributed by atoms with Crippen molar-refractivity contribution in [3.63, 3.8) is 0 Å². The maximum atomic E-state index is 12.3. The van der Waals surface area contributed by atoms with Gasteiger partial charge in [-0.2, -0.15) is 5.10 Å². The number of nitrogens with one attached hydrogen (secondary N) is 1. The number of amides is 2. The number of anilines is 1. The molecule has 0 fully saturated rings. The molecule has 3 N–H and O–H groups in total. The van der Waals surface area contributed by atoms with Crippen LogP contribution in [-0.2, 0) is 6.54 Å². The van der Waals surface area contributed by atoms with Crippen molar-refractivity contribution in [2.75, 3.05) is 11.9 Å². The van der Waals surface area contributed by atoms with E-state index >= 15 is 0 Å². The highest BCUT2D eigenvalue weighted by Gasteiger charge is 2.17. The first-order valence-corrected chi connectivity index (χ1v) is 7.46. The van der Waals surface area contributed by atoms with Crippen molar-refractivity contribution in [3.8, 4) is 5.75 Å². The smallest absolute Gasteiger partial charge is 0.269 e. The van der Waals surface area contributed by atoms with E-state index in [2.05, 4.69) is 10.4 Å². The van der Waals surface area contributed by atoms with E-state index < -0.39 is 5.91 Å². The highest BCUT2D eigenvalue weighted by Crippen LogP contribution is 2.17. The van der Waals surface area contributed by atoms with Gasteiger partial charge in [-0.05, 0) is 37.6 Å². The molecule has 0 aliphatic rings. The van der Waals surface area contributed by atoms with Gasteiger partial charge < -0.3 is 15.8 Å². The molecular formula is C16H20N4O3. The zero-order valence-corrected chi connectivity index (χ0v) is 13.2. The molecule has 2 amide bonds. The first kappa shape index (κ1) is 16.5. The van der Waals surface area contributed by atoms with Gasteiger partial charge in [0, 0.05) is 12.1 Å². The number of rotatable bonds is 7. The Hall–Kier alpha value is -2.83. The molecule has 2 aromatic rings. The largest absolute Gasteiger partial charge is 0.494 e. The van der Waals surface area contributed by atoms with E-state index in [0.29, 0.717) is 30.2 Å². The van der Waals surface area contributed by atoms with Crippen LogP contribution in [0.1, 0.15) is 41.1 Å². The Morgan fingerprint density at radius 1 is 1.26 bits per heavy atom. The summed E-state index contributed by atoms with van der Waals surface area (Å²) in [6, 6.07) is 6.78. The van der Waals surface area contributed by atoms with Gasteiger partial charge >= 0.3 is 0 Å². The van der Waals surface area contributed by atoms with Crippen LogP contribution in [0.15, 0.2) is 30.5 Å². The van der Waals surface area contributed by atoms with Crippen molar-refractivity contribution in [3.05, 3.63) is 41.7 Å². The molecule has 0 saturated carbocycles. The third-order valence-electron chi connectivity index (χ3n) is 3.21. The van der Waals surface area contributed by atoms with Gasteiger partial charge in [0.05, 0.1) is 18.5 Å². The van der Waals surface area contributed by atoms with Gasteiger partial charge in [0.15, 0.2) is 0 Å². The van der Waals surface area contributed by atoms with Crippen molar-refractivity contribution >= 4 is 17.5 Å². The minimum absolute atomic E-state index is 0.184. The van der Waals surface area contributed by atoms with Gasteiger partial charge in [-0.3, -0.25) is 14.3 Å². The molecule has 0 unspecified atom stereocenters. The van der Waals surface area contributed by atoms with E-state index in [9.17, 15) is 9.59 Å². The molecule has 0 atom stereocenters. The van der Waals surface area contributed by atoms with E-state index in [0.717, 1.165) is 6.42 Å². The van der Waals surface area contributed by atoms with E-state index in [-0.39, 0.29) is 11.6 Å². The molecule has 0 saturated heterocycles. The molecule has 0 aliphatic carbocycles. The van der Waals surface area contributed by atoms with Crippen LogP contribution < -0.4 is 15.8 Å². The molecule has 7 heteroatoms. The fourth-order valence-electron chi connectivity index (χ4n) is 2.09. The predicted molar refractivity (Wildman–Crippen MR) is 86.6 cm³/mol. The number of aryl methyl sites for hydroxylation is 1. The molecule has 1 heterocycles. The monoisotopic (exact) mass is 316 g/mol.